The predicted molar refractivity (Wildman–Crippen MR) is 86.6 cm³/mol. The molecule has 0 amide bonds. The van der Waals surface area contributed by atoms with E-state index in [0.29, 0.717) is 17.2 Å². The van der Waals surface area contributed by atoms with E-state index in [9.17, 15) is 4.79 Å². The molecule has 0 aliphatic carbocycles. The molecule has 0 N–H and O–H groups in total. The monoisotopic (exact) mass is 318 g/mol. The second kappa shape index (κ2) is 6.12. The Kier molecular flexibility index (Phi) is 4.22. The fourth-order valence-corrected chi connectivity index (χ4v) is 4.08. The number of hydrogen-bond donors (Lipinski definition) is 0. The fourth-order valence-electron chi connectivity index (χ4n) is 2.63. The Bertz CT molecular complexity index is 684. The van der Waals surface area contributed by atoms with Gasteiger partial charge in [-0.3, -0.25) is 4.79 Å². The van der Waals surface area contributed by atoms with Crippen LogP contribution in [0.4, 0.5) is 0 Å². The molecule has 4 heteroatoms. The van der Waals surface area contributed by atoms with Gasteiger partial charge in [0.2, 0.25) is 0 Å². The van der Waals surface area contributed by atoms with Crippen molar-refractivity contribution < 1.29 is 9.53 Å². The normalized spacial score (nSPS) is 16.6. The van der Waals surface area contributed by atoms with Gasteiger partial charge >= 0.3 is 0 Å². The molecule has 108 valence electrons. The van der Waals surface area contributed by atoms with Crippen LogP contribution in [0.5, 0.6) is 5.75 Å². The van der Waals surface area contributed by atoms with Crippen LogP contribution in [-0.4, -0.2) is 18.6 Å². The summed E-state index contributed by atoms with van der Waals surface area (Å²) < 4.78 is 5.32. The van der Waals surface area contributed by atoms with Gasteiger partial charge < -0.3 is 4.74 Å². The number of carbonyl (C=O) groups is 1. The summed E-state index contributed by atoms with van der Waals surface area (Å²) in [5, 5.41) is 0.625. The van der Waals surface area contributed by atoms with Crippen LogP contribution in [0.3, 0.4) is 0 Å². The minimum atomic E-state index is -0.0325. The molecule has 2 aromatic carbocycles. The zero-order chi connectivity index (χ0) is 14.8. The Morgan fingerprint density at radius 2 is 2.14 bits per heavy atom. The molecule has 1 atom stereocenters. The molecule has 2 aromatic rings. The van der Waals surface area contributed by atoms with Crippen LogP contribution >= 0.6 is 23.4 Å². The number of benzene rings is 2. The van der Waals surface area contributed by atoms with Gasteiger partial charge in [-0.05, 0) is 29.8 Å². The first kappa shape index (κ1) is 14.5. The smallest absolute Gasteiger partial charge is 0.145 e. The quantitative estimate of drug-likeness (QED) is 0.838. The van der Waals surface area contributed by atoms with Crippen molar-refractivity contribution in [2.24, 2.45) is 0 Å². The average Bonchev–Trinajstić information content (AvgIpc) is 2.91. The number of halogens is 1. The largest absolute Gasteiger partial charge is 0.496 e. The van der Waals surface area contributed by atoms with Gasteiger partial charge in [0.05, 0.1) is 13.0 Å². The molecule has 2 nitrogen and oxygen atoms in total. The minimum absolute atomic E-state index is 0.0325. The Labute approximate surface area is 133 Å². The summed E-state index contributed by atoms with van der Waals surface area (Å²) in [6.45, 7) is 0. The van der Waals surface area contributed by atoms with Crippen molar-refractivity contribution in [3.05, 3.63) is 58.6 Å². The number of Topliss-reactive ketones (excluding diaryl/α,β-unsaturated/α-hetero) is 1. The molecule has 0 spiro atoms. The maximum absolute atomic E-state index is 12.6. The van der Waals surface area contributed by atoms with E-state index >= 15 is 0 Å². The molecule has 0 saturated carbocycles. The van der Waals surface area contributed by atoms with Gasteiger partial charge in [0.25, 0.3) is 0 Å². The zero-order valence-corrected chi connectivity index (χ0v) is 13.2. The number of rotatable bonds is 4. The van der Waals surface area contributed by atoms with E-state index in [-0.39, 0.29) is 11.7 Å². The van der Waals surface area contributed by atoms with Gasteiger partial charge in [0.1, 0.15) is 11.5 Å². The van der Waals surface area contributed by atoms with Crippen LogP contribution in [-0.2, 0) is 11.2 Å². The molecule has 0 radical (unpaired) electrons. The van der Waals surface area contributed by atoms with E-state index in [1.54, 1.807) is 24.9 Å². The lowest BCUT2D eigenvalue weighted by atomic mass is 9.92. The molecule has 0 aromatic heterocycles. The molecule has 1 heterocycles. The topological polar surface area (TPSA) is 26.3 Å². The van der Waals surface area contributed by atoms with Crippen molar-refractivity contribution >= 4 is 29.1 Å². The molecule has 0 fully saturated rings. The van der Waals surface area contributed by atoms with Crippen LogP contribution in [0.1, 0.15) is 17.0 Å². The maximum atomic E-state index is 12.6. The third-order valence-electron chi connectivity index (χ3n) is 3.70. The van der Waals surface area contributed by atoms with Crippen molar-refractivity contribution in [2.75, 3.05) is 12.9 Å². The van der Waals surface area contributed by atoms with Gasteiger partial charge in [-0.1, -0.05) is 29.8 Å². The number of hydrogen-bond acceptors (Lipinski definition) is 3. The fraction of sp³-hybridized carbons (Fsp3) is 0.235. The van der Waals surface area contributed by atoms with Crippen molar-refractivity contribution in [3.63, 3.8) is 0 Å². The molecule has 1 aliphatic heterocycles. The number of thioether (sulfide) groups is 1. The first-order chi connectivity index (χ1) is 10.2. The van der Waals surface area contributed by atoms with Gasteiger partial charge in [0, 0.05) is 27.7 Å². The Morgan fingerprint density at radius 3 is 2.95 bits per heavy atom. The molecule has 1 unspecified atom stereocenters. The minimum Gasteiger partial charge on any atom is -0.496 e. The summed E-state index contributed by atoms with van der Waals surface area (Å²) >= 11 is 7.78. The van der Waals surface area contributed by atoms with Gasteiger partial charge in [-0.15, -0.1) is 11.8 Å². The second-order valence-corrected chi connectivity index (χ2v) is 6.50. The van der Waals surface area contributed by atoms with E-state index < -0.39 is 0 Å². The molecule has 21 heavy (non-hydrogen) atoms. The number of ketones is 1. The standard InChI is InChI=1S/C17H15ClO2S/c1-20-16-7-6-12(18)8-11(16)9-15(19)14-10-21-17-5-3-2-4-13(14)17/h2-8,14H,9-10H2,1H3. The summed E-state index contributed by atoms with van der Waals surface area (Å²) in [5.41, 5.74) is 2.00. The van der Waals surface area contributed by atoms with Gasteiger partial charge in [0.15, 0.2) is 0 Å². The Hall–Kier alpha value is -1.45. The highest BCUT2D eigenvalue weighted by Crippen LogP contribution is 2.40. The number of fused-ring (bicyclic) bond motifs is 1. The Balaban J connectivity index is 1.83. The maximum Gasteiger partial charge on any atom is 0.145 e. The van der Waals surface area contributed by atoms with E-state index in [0.717, 1.165) is 16.9 Å². The van der Waals surface area contributed by atoms with Crippen molar-refractivity contribution in [1.29, 1.82) is 0 Å². The zero-order valence-electron chi connectivity index (χ0n) is 11.6. The van der Waals surface area contributed by atoms with Gasteiger partial charge in [-0.25, -0.2) is 0 Å². The summed E-state index contributed by atoms with van der Waals surface area (Å²) in [5.74, 6) is 1.72. The second-order valence-electron chi connectivity index (χ2n) is 5.00. The van der Waals surface area contributed by atoms with Crippen LogP contribution in [0.15, 0.2) is 47.4 Å². The highest BCUT2D eigenvalue weighted by atomic mass is 35.5. The first-order valence-electron chi connectivity index (χ1n) is 6.76. The number of methoxy groups -OCH3 is 1. The summed E-state index contributed by atoms with van der Waals surface area (Å²) in [6.07, 6.45) is 0.350. The summed E-state index contributed by atoms with van der Waals surface area (Å²) in [6, 6.07) is 13.5. The van der Waals surface area contributed by atoms with Crippen molar-refractivity contribution in [3.8, 4) is 5.75 Å². The third kappa shape index (κ3) is 2.94. The lowest BCUT2D eigenvalue weighted by Crippen LogP contribution is -2.15. The first-order valence-corrected chi connectivity index (χ1v) is 8.12. The third-order valence-corrected chi connectivity index (χ3v) is 5.11. The molecule has 0 bridgehead atoms. The average molecular weight is 319 g/mol. The van der Waals surface area contributed by atoms with Crippen LogP contribution in [0.2, 0.25) is 5.02 Å². The van der Waals surface area contributed by atoms with Crippen LogP contribution in [0, 0.1) is 0 Å². The Morgan fingerprint density at radius 1 is 1.33 bits per heavy atom. The van der Waals surface area contributed by atoms with Crippen molar-refractivity contribution in [1.82, 2.24) is 0 Å². The molecular weight excluding hydrogens is 304 g/mol. The SMILES string of the molecule is COc1ccc(Cl)cc1CC(=O)C1CSc2ccccc21. The number of ether oxygens (including phenoxy) is 1. The summed E-state index contributed by atoms with van der Waals surface area (Å²) in [7, 11) is 1.61. The molecule has 3 rings (SSSR count). The molecular formula is C17H15ClO2S. The van der Waals surface area contributed by atoms with Crippen LogP contribution < -0.4 is 4.74 Å². The number of carbonyl (C=O) groups excluding carboxylic acids is 1. The summed E-state index contributed by atoms with van der Waals surface area (Å²) in [4.78, 5) is 13.9. The van der Waals surface area contributed by atoms with E-state index in [1.165, 1.54) is 4.90 Å². The molecule has 0 saturated heterocycles. The molecule has 1 aliphatic rings. The lowest BCUT2D eigenvalue weighted by Gasteiger charge is -2.12. The van der Waals surface area contributed by atoms with E-state index in [4.69, 9.17) is 16.3 Å². The van der Waals surface area contributed by atoms with Crippen molar-refractivity contribution in [2.45, 2.75) is 17.2 Å². The predicted octanol–water partition coefficient (Wildman–Crippen LogP) is 4.35. The van der Waals surface area contributed by atoms with E-state index in [1.807, 2.05) is 30.3 Å². The van der Waals surface area contributed by atoms with Crippen LogP contribution in [0.25, 0.3) is 0 Å². The van der Waals surface area contributed by atoms with Gasteiger partial charge in [-0.2, -0.15) is 0 Å². The lowest BCUT2D eigenvalue weighted by molar-refractivity contribution is -0.119. The highest BCUT2D eigenvalue weighted by molar-refractivity contribution is 7.99. The highest BCUT2D eigenvalue weighted by Gasteiger charge is 2.29. The van der Waals surface area contributed by atoms with E-state index in [2.05, 4.69) is 6.07 Å².